The van der Waals surface area contributed by atoms with E-state index in [0.29, 0.717) is 10.5 Å². The summed E-state index contributed by atoms with van der Waals surface area (Å²) >= 11 is 3.27. The van der Waals surface area contributed by atoms with Crippen LogP contribution in [0.3, 0.4) is 0 Å². The van der Waals surface area contributed by atoms with Crippen LogP contribution >= 0.6 is 15.9 Å². The molecular formula is C14H18BrF3N2. The number of hydrogen-bond acceptors (Lipinski definition) is 2. The van der Waals surface area contributed by atoms with Crippen LogP contribution in [0.1, 0.15) is 24.8 Å². The van der Waals surface area contributed by atoms with E-state index in [1.54, 1.807) is 6.07 Å². The van der Waals surface area contributed by atoms with Gasteiger partial charge in [-0.25, -0.2) is 0 Å². The minimum atomic E-state index is -4.30. The Morgan fingerprint density at radius 2 is 2.00 bits per heavy atom. The second-order valence-corrected chi connectivity index (χ2v) is 5.96. The molecule has 6 heteroatoms. The van der Waals surface area contributed by atoms with Crippen LogP contribution in [0.2, 0.25) is 0 Å². The van der Waals surface area contributed by atoms with Gasteiger partial charge >= 0.3 is 6.18 Å². The fraction of sp³-hybridized carbons (Fsp3) is 0.571. The predicted octanol–water partition coefficient (Wildman–Crippen LogP) is 4.05. The molecule has 1 unspecified atom stereocenters. The average molecular weight is 351 g/mol. The molecule has 20 heavy (non-hydrogen) atoms. The number of anilines is 1. The lowest BCUT2D eigenvalue weighted by molar-refractivity contribution is -0.137. The van der Waals surface area contributed by atoms with Crippen molar-refractivity contribution < 1.29 is 13.2 Å². The predicted molar refractivity (Wildman–Crippen MR) is 78.1 cm³/mol. The van der Waals surface area contributed by atoms with Crippen molar-refractivity contribution in [3.63, 3.8) is 0 Å². The minimum Gasteiger partial charge on any atom is -0.371 e. The molecule has 1 aromatic carbocycles. The Balaban J connectivity index is 2.19. The van der Waals surface area contributed by atoms with Crippen LogP contribution in [0.15, 0.2) is 22.7 Å². The van der Waals surface area contributed by atoms with Crippen LogP contribution in [0.25, 0.3) is 0 Å². The molecule has 1 atom stereocenters. The number of benzene rings is 1. The summed E-state index contributed by atoms with van der Waals surface area (Å²) in [5.41, 5.74) is 0.189. The van der Waals surface area contributed by atoms with Gasteiger partial charge in [0.15, 0.2) is 0 Å². The van der Waals surface area contributed by atoms with Crippen LogP contribution in [-0.4, -0.2) is 26.2 Å². The van der Waals surface area contributed by atoms with E-state index in [4.69, 9.17) is 0 Å². The van der Waals surface area contributed by atoms with E-state index in [0.717, 1.165) is 50.2 Å². The van der Waals surface area contributed by atoms with Gasteiger partial charge in [0.1, 0.15) is 0 Å². The standard InChI is InChI=1S/C14H18BrF3N2/c1-20(11-3-2-7-19-8-6-11)13-5-4-10(9-12(13)15)14(16,17)18/h4-5,9,11,19H,2-3,6-8H2,1H3. The zero-order valence-electron chi connectivity index (χ0n) is 11.3. The monoisotopic (exact) mass is 350 g/mol. The fourth-order valence-corrected chi connectivity index (χ4v) is 3.21. The Hall–Kier alpha value is -0.750. The molecule has 0 bridgehead atoms. The molecule has 1 N–H and O–H groups in total. The summed E-state index contributed by atoms with van der Waals surface area (Å²) in [6.45, 7) is 1.96. The number of halogens is 4. The highest BCUT2D eigenvalue weighted by atomic mass is 79.9. The van der Waals surface area contributed by atoms with E-state index in [-0.39, 0.29) is 0 Å². The van der Waals surface area contributed by atoms with Gasteiger partial charge in [0.2, 0.25) is 0 Å². The summed E-state index contributed by atoms with van der Waals surface area (Å²) < 4.78 is 38.5. The smallest absolute Gasteiger partial charge is 0.371 e. The SMILES string of the molecule is CN(c1ccc(C(F)(F)F)cc1Br)C1CCCNCC1. The number of nitrogens with one attached hydrogen (secondary N) is 1. The van der Waals surface area contributed by atoms with E-state index in [1.165, 1.54) is 0 Å². The summed E-state index contributed by atoms with van der Waals surface area (Å²) in [5, 5.41) is 3.34. The summed E-state index contributed by atoms with van der Waals surface area (Å²) in [5.74, 6) is 0. The van der Waals surface area contributed by atoms with Gasteiger partial charge in [-0.05, 0) is 66.5 Å². The van der Waals surface area contributed by atoms with Crippen molar-refractivity contribution in [1.82, 2.24) is 5.32 Å². The topological polar surface area (TPSA) is 15.3 Å². The lowest BCUT2D eigenvalue weighted by atomic mass is 10.1. The van der Waals surface area contributed by atoms with Crippen molar-refractivity contribution in [3.8, 4) is 0 Å². The molecule has 0 spiro atoms. The first kappa shape index (κ1) is 15.6. The van der Waals surface area contributed by atoms with Crippen LogP contribution in [-0.2, 0) is 6.18 Å². The quantitative estimate of drug-likeness (QED) is 0.865. The third-order valence-corrected chi connectivity index (χ3v) is 4.38. The highest BCUT2D eigenvalue weighted by molar-refractivity contribution is 9.10. The number of nitrogens with zero attached hydrogens (tertiary/aromatic N) is 1. The molecule has 0 radical (unpaired) electrons. The molecule has 2 rings (SSSR count). The Labute approximate surface area is 125 Å². The van der Waals surface area contributed by atoms with Crippen molar-refractivity contribution in [3.05, 3.63) is 28.2 Å². The molecule has 1 aliphatic rings. The van der Waals surface area contributed by atoms with Crippen molar-refractivity contribution in [2.75, 3.05) is 25.0 Å². The molecule has 1 fully saturated rings. The van der Waals surface area contributed by atoms with Gasteiger partial charge in [0.25, 0.3) is 0 Å². The van der Waals surface area contributed by atoms with Gasteiger partial charge in [-0.15, -0.1) is 0 Å². The highest BCUT2D eigenvalue weighted by Gasteiger charge is 2.31. The first-order valence-electron chi connectivity index (χ1n) is 6.70. The van der Waals surface area contributed by atoms with Crippen molar-refractivity contribution >= 4 is 21.6 Å². The van der Waals surface area contributed by atoms with Crippen molar-refractivity contribution in [2.45, 2.75) is 31.5 Å². The Kier molecular flexibility index (Phi) is 4.96. The maximum atomic E-state index is 12.7. The molecule has 2 nitrogen and oxygen atoms in total. The summed E-state index contributed by atoms with van der Waals surface area (Å²) in [6.07, 6.45) is -1.15. The fourth-order valence-electron chi connectivity index (χ4n) is 2.55. The van der Waals surface area contributed by atoms with Gasteiger partial charge in [0.05, 0.1) is 11.3 Å². The maximum absolute atomic E-state index is 12.7. The highest BCUT2D eigenvalue weighted by Crippen LogP contribution is 2.36. The zero-order valence-corrected chi connectivity index (χ0v) is 12.9. The van der Waals surface area contributed by atoms with Gasteiger partial charge in [0, 0.05) is 17.6 Å². The number of rotatable bonds is 2. The van der Waals surface area contributed by atoms with Crippen LogP contribution < -0.4 is 10.2 Å². The molecule has 1 aliphatic heterocycles. The molecule has 1 heterocycles. The number of hydrogen-bond donors (Lipinski definition) is 1. The van der Waals surface area contributed by atoms with E-state index < -0.39 is 11.7 Å². The first-order chi connectivity index (χ1) is 9.39. The summed E-state index contributed by atoms with van der Waals surface area (Å²) in [4.78, 5) is 2.08. The van der Waals surface area contributed by atoms with Gasteiger partial charge < -0.3 is 10.2 Å². The van der Waals surface area contributed by atoms with Gasteiger partial charge in [-0.1, -0.05) is 0 Å². The molecule has 0 saturated carbocycles. The Morgan fingerprint density at radius 1 is 1.25 bits per heavy atom. The van der Waals surface area contributed by atoms with Crippen molar-refractivity contribution in [2.24, 2.45) is 0 Å². The lowest BCUT2D eigenvalue weighted by Crippen LogP contribution is -2.32. The molecule has 1 aromatic rings. The van der Waals surface area contributed by atoms with E-state index in [9.17, 15) is 13.2 Å². The van der Waals surface area contributed by atoms with Crippen molar-refractivity contribution in [1.29, 1.82) is 0 Å². The normalized spacial score (nSPS) is 20.6. The van der Waals surface area contributed by atoms with Crippen LogP contribution in [0.4, 0.5) is 18.9 Å². The molecule has 1 saturated heterocycles. The first-order valence-corrected chi connectivity index (χ1v) is 7.49. The van der Waals surface area contributed by atoms with Gasteiger partial charge in [-0.3, -0.25) is 0 Å². The van der Waals surface area contributed by atoms with Crippen LogP contribution in [0.5, 0.6) is 0 Å². The zero-order chi connectivity index (χ0) is 14.8. The Bertz CT molecular complexity index is 454. The largest absolute Gasteiger partial charge is 0.416 e. The van der Waals surface area contributed by atoms with E-state index in [1.807, 2.05) is 7.05 Å². The second-order valence-electron chi connectivity index (χ2n) is 5.11. The second kappa shape index (κ2) is 6.35. The minimum absolute atomic E-state index is 0.359. The third kappa shape index (κ3) is 3.67. The van der Waals surface area contributed by atoms with E-state index >= 15 is 0 Å². The average Bonchev–Trinajstić information content (AvgIpc) is 2.65. The molecule has 0 aromatic heterocycles. The summed E-state index contributed by atoms with van der Waals surface area (Å²) in [7, 11) is 1.95. The van der Waals surface area contributed by atoms with Gasteiger partial charge in [-0.2, -0.15) is 13.2 Å². The Morgan fingerprint density at radius 3 is 2.65 bits per heavy atom. The third-order valence-electron chi connectivity index (χ3n) is 3.75. The lowest BCUT2D eigenvalue weighted by Gasteiger charge is -2.30. The molecule has 112 valence electrons. The summed E-state index contributed by atoms with van der Waals surface area (Å²) in [6, 6.07) is 4.20. The molecule has 0 amide bonds. The molecular weight excluding hydrogens is 333 g/mol. The maximum Gasteiger partial charge on any atom is 0.416 e. The molecule has 0 aliphatic carbocycles. The van der Waals surface area contributed by atoms with Crippen LogP contribution in [0, 0.1) is 0 Å². The number of alkyl halides is 3. The van der Waals surface area contributed by atoms with E-state index in [2.05, 4.69) is 26.1 Å².